The van der Waals surface area contributed by atoms with Gasteiger partial charge >= 0.3 is 0 Å². The molecule has 1 atom stereocenters. The maximum atomic E-state index is 12.0. The average molecular weight is 259 g/mol. The number of ether oxygens (including phenoxy) is 1. The van der Waals surface area contributed by atoms with Gasteiger partial charge in [-0.1, -0.05) is 0 Å². The Labute approximate surface area is 108 Å². The van der Waals surface area contributed by atoms with E-state index >= 15 is 0 Å². The number of nitrogens with zero attached hydrogens (tertiary/aromatic N) is 1. The first kappa shape index (κ1) is 15.4. The molecule has 106 valence electrons. The van der Waals surface area contributed by atoms with E-state index in [-0.39, 0.29) is 12.5 Å². The molecule has 1 heterocycles. The van der Waals surface area contributed by atoms with E-state index < -0.39 is 11.1 Å². The van der Waals surface area contributed by atoms with Crippen LogP contribution in [-0.2, 0) is 9.53 Å². The van der Waals surface area contributed by atoms with Gasteiger partial charge < -0.3 is 25.8 Å². The highest BCUT2D eigenvalue weighted by atomic mass is 16.5. The molecule has 6 heteroatoms. The van der Waals surface area contributed by atoms with Gasteiger partial charge in [-0.05, 0) is 33.9 Å². The molecule has 1 saturated heterocycles. The fourth-order valence-corrected chi connectivity index (χ4v) is 2.15. The molecule has 0 aromatic heterocycles. The molecule has 1 amide bonds. The van der Waals surface area contributed by atoms with Gasteiger partial charge in [0.25, 0.3) is 0 Å². The first-order valence-electron chi connectivity index (χ1n) is 6.27. The van der Waals surface area contributed by atoms with Gasteiger partial charge in [0.05, 0.1) is 11.1 Å². The lowest BCUT2D eigenvalue weighted by molar-refractivity contribution is -0.131. The van der Waals surface area contributed by atoms with Crippen molar-refractivity contribution in [3.63, 3.8) is 0 Å². The molecule has 0 spiro atoms. The Morgan fingerprint density at radius 2 is 2.06 bits per heavy atom. The number of nitrogens with two attached hydrogens (primary N) is 1. The van der Waals surface area contributed by atoms with E-state index in [9.17, 15) is 9.90 Å². The first-order valence-corrected chi connectivity index (χ1v) is 6.27. The third kappa shape index (κ3) is 4.53. The molecular weight excluding hydrogens is 234 g/mol. The van der Waals surface area contributed by atoms with Crippen molar-refractivity contribution in [3.8, 4) is 0 Å². The van der Waals surface area contributed by atoms with E-state index in [1.807, 2.05) is 19.0 Å². The Morgan fingerprint density at radius 1 is 1.50 bits per heavy atom. The molecule has 0 bridgehead atoms. The second-order valence-corrected chi connectivity index (χ2v) is 5.69. The SMILES string of the molecule is CN(C)CC(C)(O)CNC(=O)C1(N)CCOCC1. The number of hydrogen-bond donors (Lipinski definition) is 3. The normalized spacial score (nSPS) is 22.6. The van der Waals surface area contributed by atoms with Crippen molar-refractivity contribution < 1.29 is 14.6 Å². The van der Waals surface area contributed by atoms with Gasteiger partial charge in [0.1, 0.15) is 0 Å². The van der Waals surface area contributed by atoms with Crippen molar-refractivity contribution in [2.24, 2.45) is 5.73 Å². The van der Waals surface area contributed by atoms with Crippen molar-refractivity contribution in [1.29, 1.82) is 0 Å². The van der Waals surface area contributed by atoms with E-state index in [0.717, 1.165) is 0 Å². The number of aliphatic hydroxyl groups is 1. The Kier molecular flexibility index (Phi) is 5.10. The van der Waals surface area contributed by atoms with Crippen molar-refractivity contribution in [2.75, 3.05) is 40.4 Å². The average Bonchev–Trinajstić information content (AvgIpc) is 2.25. The Balaban J connectivity index is 2.45. The molecule has 18 heavy (non-hydrogen) atoms. The van der Waals surface area contributed by atoms with E-state index in [2.05, 4.69) is 5.32 Å². The molecule has 0 aliphatic carbocycles. The van der Waals surface area contributed by atoms with Crippen molar-refractivity contribution in [2.45, 2.75) is 30.9 Å². The van der Waals surface area contributed by atoms with Crippen LogP contribution in [0.5, 0.6) is 0 Å². The largest absolute Gasteiger partial charge is 0.387 e. The van der Waals surface area contributed by atoms with E-state index in [1.165, 1.54) is 0 Å². The zero-order valence-corrected chi connectivity index (χ0v) is 11.5. The van der Waals surface area contributed by atoms with E-state index in [1.54, 1.807) is 6.92 Å². The third-order valence-electron chi connectivity index (χ3n) is 3.12. The number of carbonyl (C=O) groups is 1. The molecule has 6 nitrogen and oxygen atoms in total. The van der Waals surface area contributed by atoms with Crippen LogP contribution in [0.3, 0.4) is 0 Å². The number of hydrogen-bond acceptors (Lipinski definition) is 5. The molecule has 1 rings (SSSR count). The van der Waals surface area contributed by atoms with Crippen LogP contribution in [-0.4, -0.2) is 67.5 Å². The summed E-state index contributed by atoms with van der Waals surface area (Å²) in [5, 5.41) is 12.8. The summed E-state index contributed by atoms with van der Waals surface area (Å²) in [5.74, 6) is -0.204. The van der Waals surface area contributed by atoms with Gasteiger partial charge in [0.2, 0.25) is 5.91 Å². The molecule has 1 fully saturated rings. The number of rotatable bonds is 5. The third-order valence-corrected chi connectivity index (χ3v) is 3.12. The van der Waals surface area contributed by atoms with Crippen molar-refractivity contribution >= 4 is 5.91 Å². The standard InChI is InChI=1S/C12H25N3O3/c1-11(17,9-15(2)3)8-14-10(16)12(13)4-6-18-7-5-12/h17H,4-9,13H2,1-3H3,(H,14,16). The molecule has 0 saturated carbocycles. The van der Waals surface area contributed by atoms with Crippen molar-refractivity contribution in [1.82, 2.24) is 10.2 Å². The predicted octanol–water partition coefficient (Wildman–Crippen LogP) is -1.08. The van der Waals surface area contributed by atoms with Gasteiger partial charge in [0, 0.05) is 26.3 Å². The Hall–Kier alpha value is -0.690. The maximum absolute atomic E-state index is 12.0. The Morgan fingerprint density at radius 3 is 2.56 bits per heavy atom. The molecule has 0 aromatic rings. The van der Waals surface area contributed by atoms with Crippen LogP contribution in [0.1, 0.15) is 19.8 Å². The summed E-state index contributed by atoms with van der Waals surface area (Å²) in [5.41, 5.74) is 4.24. The predicted molar refractivity (Wildman–Crippen MR) is 69.2 cm³/mol. The van der Waals surface area contributed by atoms with Crippen LogP contribution in [0.15, 0.2) is 0 Å². The fraction of sp³-hybridized carbons (Fsp3) is 0.917. The highest BCUT2D eigenvalue weighted by Crippen LogP contribution is 2.18. The van der Waals surface area contributed by atoms with Crippen molar-refractivity contribution in [3.05, 3.63) is 0 Å². The second kappa shape index (κ2) is 5.97. The van der Waals surface area contributed by atoms with Gasteiger partial charge in [-0.25, -0.2) is 0 Å². The van der Waals surface area contributed by atoms with Crippen LogP contribution in [0, 0.1) is 0 Å². The van der Waals surface area contributed by atoms with Gasteiger partial charge in [-0.15, -0.1) is 0 Å². The smallest absolute Gasteiger partial charge is 0.240 e. The minimum atomic E-state index is -0.958. The van der Waals surface area contributed by atoms with Crippen LogP contribution < -0.4 is 11.1 Å². The molecule has 0 aromatic carbocycles. The first-order chi connectivity index (χ1) is 8.25. The summed E-state index contributed by atoms with van der Waals surface area (Å²) >= 11 is 0. The van der Waals surface area contributed by atoms with E-state index in [4.69, 9.17) is 10.5 Å². The minimum Gasteiger partial charge on any atom is -0.387 e. The number of nitrogens with one attached hydrogen (secondary N) is 1. The monoisotopic (exact) mass is 259 g/mol. The zero-order valence-electron chi connectivity index (χ0n) is 11.5. The lowest BCUT2D eigenvalue weighted by Crippen LogP contribution is -2.59. The molecule has 1 aliphatic rings. The highest BCUT2D eigenvalue weighted by Gasteiger charge is 2.36. The zero-order chi connectivity index (χ0) is 13.8. The van der Waals surface area contributed by atoms with Crippen LogP contribution in [0.4, 0.5) is 0 Å². The summed E-state index contributed by atoms with van der Waals surface area (Å²) in [6.07, 6.45) is 1.04. The molecule has 4 N–H and O–H groups in total. The van der Waals surface area contributed by atoms with Crippen LogP contribution in [0.25, 0.3) is 0 Å². The summed E-state index contributed by atoms with van der Waals surface area (Å²) in [6, 6.07) is 0. The summed E-state index contributed by atoms with van der Waals surface area (Å²) in [7, 11) is 3.75. The quantitative estimate of drug-likeness (QED) is 0.585. The number of amides is 1. The van der Waals surface area contributed by atoms with Gasteiger partial charge in [-0.3, -0.25) is 4.79 Å². The Bertz CT molecular complexity index is 286. The highest BCUT2D eigenvalue weighted by molar-refractivity contribution is 5.86. The lowest BCUT2D eigenvalue weighted by atomic mass is 9.90. The summed E-state index contributed by atoms with van der Waals surface area (Å²) in [6.45, 7) is 3.40. The van der Waals surface area contributed by atoms with Crippen LogP contribution in [0.2, 0.25) is 0 Å². The molecule has 0 radical (unpaired) electrons. The number of carbonyl (C=O) groups excluding carboxylic acids is 1. The molecule has 1 unspecified atom stereocenters. The maximum Gasteiger partial charge on any atom is 0.240 e. The number of likely N-dealkylation sites (N-methyl/N-ethyl adjacent to an activating group) is 1. The van der Waals surface area contributed by atoms with Gasteiger partial charge in [0.15, 0.2) is 0 Å². The molecular formula is C12H25N3O3. The van der Waals surface area contributed by atoms with Gasteiger partial charge in [-0.2, -0.15) is 0 Å². The topological polar surface area (TPSA) is 87.8 Å². The summed E-state index contributed by atoms with van der Waals surface area (Å²) in [4.78, 5) is 13.9. The second-order valence-electron chi connectivity index (χ2n) is 5.69. The van der Waals surface area contributed by atoms with Crippen LogP contribution >= 0.6 is 0 Å². The summed E-state index contributed by atoms with van der Waals surface area (Å²) < 4.78 is 5.20. The lowest BCUT2D eigenvalue weighted by Gasteiger charge is -2.34. The fourth-order valence-electron chi connectivity index (χ4n) is 2.15. The minimum absolute atomic E-state index is 0.198. The van der Waals surface area contributed by atoms with E-state index in [0.29, 0.717) is 32.6 Å². The molecule has 1 aliphatic heterocycles.